The molecule has 0 aliphatic rings. The molecule has 0 aliphatic heterocycles. The molecule has 0 aromatic heterocycles. The number of ether oxygens (including phenoxy) is 1. The zero-order valence-corrected chi connectivity index (χ0v) is 15.2. The van der Waals surface area contributed by atoms with Gasteiger partial charge in [-0.15, -0.1) is 0 Å². The highest BCUT2D eigenvalue weighted by atomic mass is 16.5. The maximum Gasteiger partial charge on any atom is 0.287 e. The van der Waals surface area contributed by atoms with Crippen LogP contribution in [0.3, 0.4) is 0 Å². The van der Waals surface area contributed by atoms with Crippen LogP contribution in [-0.2, 0) is 14.3 Å². The summed E-state index contributed by atoms with van der Waals surface area (Å²) < 4.78 is 5.37. The van der Waals surface area contributed by atoms with Crippen LogP contribution in [0, 0.1) is 0 Å². The van der Waals surface area contributed by atoms with E-state index in [2.05, 4.69) is 12.2 Å². The fourth-order valence-electron chi connectivity index (χ4n) is 2.68. The number of hydrogen-bond donors (Lipinski definition) is 1. The van der Waals surface area contributed by atoms with E-state index in [1.54, 1.807) is 7.11 Å². The molecular formula is C20H31NO3. The molecule has 0 bridgehead atoms. The number of benzene rings is 1. The summed E-state index contributed by atoms with van der Waals surface area (Å²) in [5.74, 6) is -0.933. The molecule has 0 saturated heterocycles. The summed E-state index contributed by atoms with van der Waals surface area (Å²) in [4.78, 5) is 24.2. The standard InChI is InChI=1S/C20H31NO3/c1-4-5-6-7-11-14-18(24-3)15-19(22)20(23)21-16(2)17-12-9-8-10-13-17/h8-10,12-13,16,18H,4-7,11,14-15H2,1-3H3,(H,21,23)/t16-,18?/m0/s1. The zero-order valence-electron chi connectivity index (χ0n) is 15.2. The summed E-state index contributed by atoms with van der Waals surface area (Å²) in [7, 11) is 1.61. The summed E-state index contributed by atoms with van der Waals surface area (Å²) in [6.07, 6.45) is 6.67. The molecular weight excluding hydrogens is 302 g/mol. The van der Waals surface area contributed by atoms with Gasteiger partial charge in [0.05, 0.1) is 12.1 Å². The monoisotopic (exact) mass is 333 g/mol. The van der Waals surface area contributed by atoms with Gasteiger partial charge < -0.3 is 10.1 Å². The van der Waals surface area contributed by atoms with E-state index in [0.717, 1.165) is 24.8 Å². The third-order valence-corrected chi connectivity index (χ3v) is 4.28. The van der Waals surface area contributed by atoms with Gasteiger partial charge in [0, 0.05) is 13.5 Å². The molecule has 0 heterocycles. The fraction of sp³-hybridized carbons (Fsp3) is 0.600. The highest BCUT2D eigenvalue weighted by molar-refractivity contribution is 6.36. The van der Waals surface area contributed by atoms with Crippen molar-refractivity contribution in [1.82, 2.24) is 5.32 Å². The number of rotatable bonds is 12. The van der Waals surface area contributed by atoms with Crippen LogP contribution in [0.2, 0.25) is 0 Å². The van der Waals surface area contributed by atoms with E-state index in [9.17, 15) is 9.59 Å². The first kappa shape index (κ1) is 20.4. The maximum atomic E-state index is 12.1. The molecule has 0 radical (unpaired) electrons. The molecule has 1 N–H and O–H groups in total. The van der Waals surface area contributed by atoms with Crippen LogP contribution in [0.25, 0.3) is 0 Å². The Hall–Kier alpha value is -1.68. The van der Waals surface area contributed by atoms with E-state index in [4.69, 9.17) is 4.74 Å². The summed E-state index contributed by atoms with van der Waals surface area (Å²) >= 11 is 0. The Morgan fingerprint density at radius 2 is 1.75 bits per heavy atom. The zero-order chi connectivity index (χ0) is 17.8. The van der Waals surface area contributed by atoms with Gasteiger partial charge in [-0.2, -0.15) is 0 Å². The Morgan fingerprint density at radius 3 is 2.38 bits per heavy atom. The predicted molar refractivity (Wildman–Crippen MR) is 96.8 cm³/mol. The van der Waals surface area contributed by atoms with Crippen LogP contribution >= 0.6 is 0 Å². The number of amides is 1. The molecule has 24 heavy (non-hydrogen) atoms. The van der Waals surface area contributed by atoms with E-state index in [1.165, 1.54) is 19.3 Å². The molecule has 1 rings (SSSR count). The smallest absolute Gasteiger partial charge is 0.287 e. The van der Waals surface area contributed by atoms with Crippen molar-refractivity contribution in [3.8, 4) is 0 Å². The first-order valence-electron chi connectivity index (χ1n) is 8.99. The van der Waals surface area contributed by atoms with E-state index in [-0.39, 0.29) is 18.6 Å². The number of nitrogens with one attached hydrogen (secondary N) is 1. The molecule has 4 nitrogen and oxygen atoms in total. The quantitative estimate of drug-likeness (QED) is 0.461. The average molecular weight is 333 g/mol. The van der Waals surface area contributed by atoms with Crippen molar-refractivity contribution in [3.05, 3.63) is 35.9 Å². The third kappa shape index (κ3) is 7.73. The first-order chi connectivity index (χ1) is 11.6. The summed E-state index contributed by atoms with van der Waals surface area (Å²) in [5, 5.41) is 2.77. The van der Waals surface area contributed by atoms with Crippen LogP contribution in [-0.4, -0.2) is 24.9 Å². The molecule has 4 heteroatoms. The first-order valence-corrected chi connectivity index (χ1v) is 8.99. The summed E-state index contributed by atoms with van der Waals surface area (Å²) in [5.41, 5.74) is 0.984. The van der Waals surface area contributed by atoms with Crippen LogP contribution < -0.4 is 5.32 Å². The van der Waals surface area contributed by atoms with E-state index >= 15 is 0 Å². The molecule has 0 aliphatic carbocycles. The van der Waals surface area contributed by atoms with Crippen LogP contribution in [0.4, 0.5) is 0 Å². The minimum absolute atomic E-state index is 0.150. The second-order valence-electron chi connectivity index (χ2n) is 6.29. The van der Waals surface area contributed by atoms with Crippen molar-refractivity contribution in [2.75, 3.05) is 7.11 Å². The van der Waals surface area contributed by atoms with Crippen LogP contribution in [0.5, 0.6) is 0 Å². The Balaban J connectivity index is 2.37. The lowest BCUT2D eigenvalue weighted by Gasteiger charge is -2.16. The van der Waals surface area contributed by atoms with Crippen molar-refractivity contribution in [1.29, 1.82) is 0 Å². The fourth-order valence-corrected chi connectivity index (χ4v) is 2.68. The topological polar surface area (TPSA) is 55.4 Å². The second kappa shape index (κ2) is 11.8. The molecule has 1 aromatic rings. The molecule has 1 aromatic carbocycles. The largest absolute Gasteiger partial charge is 0.381 e. The second-order valence-corrected chi connectivity index (χ2v) is 6.29. The Labute approximate surface area is 146 Å². The molecule has 1 amide bonds. The van der Waals surface area contributed by atoms with Crippen molar-refractivity contribution in [3.63, 3.8) is 0 Å². The minimum Gasteiger partial charge on any atom is -0.381 e. The van der Waals surface area contributed by atoms with Crippen molar-refractivity contribution in [2.45, 2.75) is 70.9 Å². The van der Waals surface area contributed by atoms with Crippen molar-refractivity contribution < 1.29 is 14.3 Å². The van der Waals surface area contributed by atoms with E-state index < -0.39 is 11.7 Å². The molecule has 134 valence electrons. The van der Waals surface area contributed by atoms with Crippen LogP contribution in [0.1, 0.15) is 70.4 Å². The van der Waals surface area contributed by atoms with E-state index in [1.807, 2.05) is 37.3 Å². The van der Waals surface area contributed by atoms with Gasteiger partial charge in [0.1, 0.15) is 0 Å². The Bertz CT molecular complexity index is 487. The van der Waals surface area contributed by atoms with Crippen LogP contribution in [0.15, 0.2) is 30.3 Å². The molecule has 0 saturated carbocycles. The summed E-state index contributed by atoms with van der Waals surface area (Å²) in [6.45, 7) is 4.06. The average Bonchev–Trinajstić information content (AvgIpc) is 2.60. The SMILES string of the molecule is CCCCCCCC(CC(=O)C(=O)N[C@@H](C)c1ccccc1)OC. The molecule has 1 unspecified atom stereocenters. The highest BCUT2D eigenvalue weighted by Crippen LogP contribution is 2.14. The molecule has 2 atom stereocenters. The van der Waals surface area contributed by atoms with Gasteiger partial charge in [-0.1, -0.05) is 69.4 Å². The number of unbranched alkanes of at least 4 members (excludes halogenated alkanes) is 4. The number of carbonyl (C=O) groups is 2. The number of methoxy groups -OCH3 is 1. The van der Waals surface area contributed by atoms with Gasteiger partial charge in [-0.3, -0.25) is 9.59 Å². The lowest BCUT2D eigenvalue weighted by Crippen LogP contribution is -2.35. The normalized spacial score (nSPS) is 13.3. The number of Topliss-reactive ketones (excluding diaryl/α,β-unsaturated/α-hetero) is 1. The third-order valence-electron chi connectivity index (χ3n) is 4.28. The minimum atomic E-state index is -0.528. The van der Waals surface area contributed by atoms with Gasteiger partial charge in [0.2, 0.25) is 5.78 Å². The number of carbonyl (C=O) groups excluding carboxylic acids is 2. The summed E-state index contributed by atoms with van der Waals surface area (Å²) in [6, 6.07) is 9.44. The van der Waals surface area contributed by atoms with Crippen molar-refractivity contribution in [2.24, 2.45) is 0 Å². The lowest BCUT2D eigenvalue weighted by molar-refractivity contribution is -0.139. The molecule has 0 spiro atoms. The molecule has 0 fully saturated rings. The number of ketones is 1. The highest BCUT2D eigenvalue weighted by Gasteiger charge is 2.21. The maximum absolute atomic E-state index is 12.1. The van der Waals surface area contributed by atoms with Gasteiger partial charge in [-0.05, 0) is 18.9 Å². The van der Waals surface area contributed by atoms with Gasteiger partial charge in [-0.25, -0.2) is 0 Å². The van der Waals surface area contributed by atoms with Gasteiger partial charge >= 0.3 is 0 Å². The Morgan fingerprint density at radius 1 is 1.08 bits per heavy atom. The predicted octanol–water partition coefficient (Wildman–Crippen LogP) is 4.20. The van der Waals surface area contributed by atoms with E-state index in [0.29, 0.717) is 0 Å². The van der Waals surface area contributed by atoms with Gasteiger partial charge in [0.25, 0.3) is 5.91 Å². The van der Waals surface area contributed by atoms with Gasteiger partial charge in [0.15, 0.2) is 0 Å². The number of hydrogen-bond acceptors (Lipinski definition) is 3. The van der Waals surface area contributed by atoms with Crippen molar-refractivity contribution >= 4 is 11.7 Å². The Kier molecular flexibility index (Phi) is 10.0. The lowest BCUT2D eigenvalue weighted by atomic mass is 10.0.